The minimum Gasteiger partial charge on any atom is -0.391 e. The minimum absolute atomic E-state index is 0.463. The number of benzene rings is 3. The second-order valence-corrected chi connectivity index (χ2v) is 5.67. The predicted molar refractivity (Wildman–Crippen MR) is 100 cm³/mol. The van der Waals surface area contributed by atoms with Crippen molar-refractivity contribution in [3.8, 4) is 11.1 Å². The number of rotatable bonds is 6. The highest BCUT2D eigenvalue weighted by Crippen LogP contribution is 2.20. The first kappa shape index (κ1) is 16.0. The summed E-state index contributed by atoms with van der Waals surface area (Å²) >= 11 is 0. The largest absolute Gasteiger partial charge is 0.391 e. The van der Waals surface area contributed by atoms with Gasteiger partial charge in [-0.15, -0.1) is 0 Å². The molecule has 0 unspecified atom stereocenters. The van der Waals surface area contributed by atoms with E-state index in [1.54, 1.807) is 6.21 Å². The Labute approximate surface area is 143 Å². The molecule has 0 heterocycles. The Morgan fingerprint density at radius 2 is 1.54 bits per heavy atom. The van der Waals surface area contributed by atoms with Gasteiger partial charge in [0.15, 0.2) is 0 Å². The van der Waals surface area contributed by atoms with Crippen molar-refractivity contribution in [2.24, 2.45) is 5.16 Å². The molecule has 0 aliphatic rings. The molecule has 24 heavy (non-hydrogen) atoms. The summed E-state index contributed by atoms with van der Waals surface area (Å²) in [6.45, 7) is 2.61. The van der Waals surface area contributed by atoms with Crippen molar-refractivity contribution in [2.45, 2.75) is 20.0 Å². The van der Waals surface area contributed by atoms with Crippen LogP contribution in [0.4, 0.5) is 0 Å². The summed E-state index contributed by atoms with van der Waals surface area (Å²) in [4.78, 5) is 5.44. The molecule has 3 aromatic carbocycles. The standard InChI is InChI=1S/C22H21NO/c1-2-18-11-13-19(14-12-18)16-23-24-17-20-7-6-10-22(15-20)21-8-4-3-5-9-21/h3-16H,2,17H2,1H3. The van der Waals surface area contributed by atoms with E-state index in [2.05, 4.69) is 66.7 Å². The van der Waals surface area contributed by atoms with Gasteiger partial charge in [-0.1, -0.05) is 84.9 Å². The third-order valence-electron chi connectivity index (χ3n) is 3.93. The van der Waals surface area contributed by atoms with Crippen LogP contribution in [-0.4, -0.2) is 6.21 Å². The number of hydrogen-bond donors (Lipinski definition) is 0. The zero-order chi connectivity index (χ0) is 16.6. The molecule has 0 bridgehead atoms. The number of nitrogens with zero attached hydrogens (tertiary/aromatic N) is 1. The van der Waals surface area contributed by atoms with Crippen LogP contribution in [0, 0.1) is 0 Å². The normalized spacial score (nSPS) is 10.9. The summed E-state index contributed by atoms with van der Waals surface area (Å²) in [6.07, 6.45) is 2.80. The van der Waals surface area contributed by atoms with Crippen LogP contribution in [0.3, 0.4) is 0 Å². The van der Waals surface area contributed by atoms with Gasteiger partial charge in [0.25, 0.3) is 0 Å². The molecule has 2 heteroatoms. The summed E-state index contributed by atoms with van der Waals surface area (Å²) in [5.74, 6) is 0. The van der Waals surface area contributed by atoms with E-state index >= 15 is 0 Å². The first-order chi connectivity index (χ1) is 11.8. The van der Waals surface area contributed by atoms with E-state index in [9.17, 15) is 0 Å². The summed E-state index contributed by atoms with van der Waals surface area (Å²) in [5, 5.41) is 4.07. The molecule has 3 rings (SSSR count). The van der Waals surface area contributed by atoms with E-state index < -0.39 is 0 Å². The minimum atomic E-state index is 0.463. The maximum atomic E-state index is 5.44. The second-order valence-electron chi connectivity index (χ2n) is 5.67. The van der Waals surface area contributed by atoms with Gasteiger partial charge in [-0.05, 0) is 40.3 Å². The smallest absolute Gasteiger partial charge is 0.142 e. The highest BCUT2D eigenvalue weighted by molar-refractivity contribution is 5.79. The van der Waals surface area contributed by atoms with Gasteiger partial charge in [0.1, 0.15) is 6.61 Å². The zero-order valence-corrected chi connectivity index (χ0v) is 13.9. The number of aryl methyl sites for hydroxylation is 1. The van der Waals surface area contributed by atoms with E-state index in [-0.39, 0.29) is 0 Å². The first-order valence-electron chi connectivity index (χ1n) is 8.24. The highest BCUT2D eigenvalue weighted by Gasteiger charge is 1.99. The molecule has 0 fully saturated rings. The lowest BCUT2D eigenvalue weighted by molar-refractivity contribution is 0.132. The molecule has 2 nitrogen and oxygen atoms in total. The Morgan fingerprint density at radius 1 is 0.792 bits per heavy atom. The molecule has 0 aromatic heterocycles. The molecular weight excluding hydrogens is 294 g/mol. The molecule has 0 radical (unpaired) electrons. The molecule has 0 saturated heterocycles. The predicted octanol–water partition coefficient (Wildman–Crippen LogP) is 5.47. The summed E-state index contributed by atoms with van der Waals surface area (Å²) in [6, 6.07) is 27.0. The quantitative estimate of drug-likeness (QED) is 0.437. The molecule has 120 valence electrons. The van der Waals surface area contributed by atoms with Gasteiger partial charge in [0, 0.05) is 0 Å². The summed E-state index contributed by atoms with van der Waals surface area (Å²) in [7, 11) is 0. The van der Waals surface area contributed by atoms with Gasteiger partial charge >= 0.3 is 0 Å². The number of hydrogen-bond acceptors (Lipinski definition) is 2. The fraction of sp³-hybridized carbons (Fsp3) is 0.136. The van der Waals surface area contributed by atoms with Crippen molar-refractivity contribution in [1.29, 1.82) is 0 Å². The van der Waals surface area contributed by atoms with Gasteiger partial charge in [-0.25, -0.2) is 0 Å². The molecule has 0 saturated carbocycles. The van der Waals surface area contributed by atoms with E-state index in [4.69, 9.17) is 4.84 Å². The van der Waals surface area contributed by atoms with Crippen molar-refractivity contribution in [2.75, 3.05) is 0 Å². The molecule has 0 amide bonds. The average Bonchev–Trinajstić information content (AvgIpc) is 2.67. The molecule has 0 atom stereocenters. The van der Waals surface area contributed by atoms with Crippen molar-refractivity contribution < 1.29 is 4.84 Å². The van der Waals surface area contributed by atoms with Crippen LogP contribution >= 0.6 is 0 Å². The van der Waals surface area contributed by atoms with E-state index in [1.165, 1.54) is 16.7 Å². The van der Waals surface area contributed by atoms with Gasteiger partial charge < -0.3 is 4.84 Å². The lowest BCUT2D eigenvalue weighted by atomic mass is 10.0. The molecule has 0 aliphatic carbocycles. The summed E-state index contributed by atoms with van der Waals surface area (Å²) < 4.78 is 0. The summed E-state index contributed by atoms with van der Waals surface area (Å²) in [5.41, 5.74) is 5.88. The molecular formula is C22H21NO. The third kappa shape index (κ3) is 4.32. The number of oxime groups is 1. The lowest BCUT2D eigenvalue weighted by Crippen LogP contribution is -1.90. The van der Waals surface area contributed by atoms with Gasteiger partial charge in [0.05, 0.1) is 6.21 Å². The van der Waals surface area contributed by atoms with Crippen molar-refractivity contribution in [3.05, 3.63) is 95.6 Å². The SMILES string of the molecule is CCc1ccc(C=NOCc2cccc(-c3ccccc3)c2)cc1. The van der Waals surface area contributed by atoms with Gasteiger partial charge in [-0.3, -0.25) is 0 Å². The van der Waals surface area contributed by atoms with Crippen LogP contribution in [0.2, 0.25) is 0 Å². The van der Waals surface area contributed by atoms with E-state index in [0.29, 0.717) is 6.61 Å². The lowest BCUT2D eigenvalue weighted by Gasteiger charge is -2.05. The Bertz CT molecular complexity index is 792. The van der Waals surface area contributed by atoms with E-state index in [1.807, 2.05) is 24.3 Å². The molecule has 3 aromatic rings. The first-order valence-corrected chi connectivity index (χ1v) is 8.24. The van der Waals surface area contributed by atoms with Crippen molar-refractivity contribution >= 4 is 6.21 Å². The van der Waals surface area contributed by atoms with Crippen LogP contribution < -0.4 is 0 Å². The van der Waals surface area contributed by atoms with Crippen LogP contribution in [0.1, 0.15) is 23.6 Å². The topological polar surface area (TPSA) is 21.6 Å². The van der Waals surface area contributed by atoms with Crippen LogP contribution in [0.25, 0.3) is 11.1 Å². The average molecular weight is 315 g/mol. The van der Waals surface area contributed by atoms with E-state index in [0.717, 1.165) is 17.5 Å². The fourth-order valence-corrected chi connectivity index (χ4v) is 2.52. The van der Waals surface area contributed by atoms with Crippen LogP contribution in [0.5, 0.6) is 0 Å². The zero-order valence-electron chi connectivity index (χ0n) is 13.9. The fourth-order valence-electron chi connectivity index (χ4n) is 2.52. The van der Waals surface area contributed by atoms with Gasteiger partial charge in [0.2, 0.25) is 0 Å². The van der Waals surface area contributed by atoms with Gasteiger partial charge in [-0.2, -0.15) is 0 Å². The Morgan fingerprint density at radius 3 is 2.29 bits per heavy atom. The monoisotopic (exact) mass is 315 g/mol. The maximum Gasteiger partial charge on any atom is 0.142 e. The second kappa shape index (κ2) is 8.11. The van der Waals surface area contributed by atoms with Crippen molar-refractivity contribution in [3.63, 3.8) is 0 Å². The molecule has 0 aliphatic heterocycles. The molecule has 0 spiro atoms. The van der Waals surface area contributed by atoms with Crippen LogP contribution in [-0.2, 0) is 17.9 Å². The highest BCUT2D eigenvalue weighted by atomic mass is 16.6. The molecule has 0 N–H and O–H groups in total. The van der Waals surface area contributed by atoms with Crippen LogP contribution in [0.15, 0.2) is 84.0 Å². The van der Waals surface area contributed by atoms with Crippen molar-refractivity contribution in [1.82, 2.24) is 0 Å². The maximum absolute atomic E-state index is 5.44. The Kier molecular flexibility index (Phi) is 5.41. The Hall–Kier alpha value is -2.87. The Balaban J connectivity index is 1.59. The third-order valence-corrected chi connectivity index (χ3v) is 3.93.